The fourth-order valence-corrected chi connectivity index (χ4v) is 3.20. The molecule has 0 aliphatic heterocycles. The number of hydrogen-bond acceptors (Lipinski definition) is 2. The number of benzene rings is 1. The predicted molar refractivity (Wildman–Crippen MR) is 75.7 cm³/mol. The van der Waals surface area contributed by atoms with Crippen LogP contribution in [0, 0.1) is 5.92 Å². The number of alkyl halides is 3. The SMILES string of the molecule is COC1(C(N)c2ccccc2C(F)(F)F)CCC(C)CC1. The van der Waals surface area contributed by atoms with E-state index < -0.39 is 23.4 Å². The van der Waals surface area contributed by atoms with Crippen LogP contribution in [-0.2, 0) is 10.9 Å². The zero-order valence-electron chi connectivity index (χ0n) is 12.4. The first kappa shape index (κ1) is 16.3. The van der Waals surface area contributed by atoms with Crippen molar-refractivity contribution in [2.45, 2.75) is 50.4 Å². The normalized spacial score (nSPS) is 28.4. The molecule has 0 aromatic heterocycles. The van der Waals surface area contributed by atoms with Gasteiger partial charge in [0.05, 0.1) is 17.2 Å². The summed E-state index contributed by atoms with van der Waals surface area (Å²) in [5.74, 6) is 0.568. The average Bonchev–Trinajstić information content (AvgIpc) is 2.47. The Kier molecular flexibility index (Phi) is 4.63. The van der Waals surface area contributed by atoms with E-state index in [0.29, 0.717) is 18.8 Å². The molecular weight excluding hydrogens is 279 g/mol. The average molecular weight is 301 g/mol. The van der Waals surface area contributed by atoms with Crippen LogP contribution in [0.4, 0.5) is 13.2 Å². The van der Waals surface area contributed by atoms with Gasteiger partial charge in [-0.1, -0.05) is 25.1 Å². The van der Waals surface area contributed by atoms with E-state index in [1.807, 2.05) is 0 Å². The predicted octanol–water partition coefficient (Wildman–Crippen LogP) is 4.30. The quantitative estimate of drug-likeness (QED) is 0.903. The van der Waals surface area contributed by atoms with Crippen LogP contribution in [0.5, 0.6) is 0 Å². The molecule has 0 heterocycles. The highest BCUT2D eigenvalue weighted by Crippen LogP contribution is 2.44. The van der Waals surface area contributed by atoms with Crippen LogP contribution in [0.25, 0.3) is 0 Å². The third-order valence-corrected chi connectivity index (χ3v) is 4.70. The molecular formula is C16H22F3NO. The van der Waals surface area contributed by atoms with Gasteiger partial charge in [-0.15, -0.1) is 0 Å². The van der Waals surface area contributed by atoms with Gasteiger partial charge in [-0.05, 0) is 43.2 Å². The Labute approximate surface area is 123 Å². The number of hydrogen-bond donors (Lipinski definition) is 1. The van der Waals surface area contributed by atoms with E-state index in [1.165, 1.54) is 12.1 Å². The van der Waals surface area contributed by atoms with E-state index in [9.17, 15) is 13.2 Å². The second-order valence-corrected chi connectivity index (χ2v) is 6.01. The molecule has 0 saturated heterocycles. The lowest BCUT2D eigenvalue weighted by atomic mass is 9.73. The monoisotopic (exact) mass is 301 g/mol. The zero-order valence-corrected chi connectivity index (χ0v) is 12.4. The molecule has 0 amide bonds. The second-order valence-electron chi connectivity index (χ2n) is 6.01. The lowest BCUT2D eigenvalue weighted by Gasteiger charge is -2.43. The molecule has 0 spiro atoms. The maximum atomic E-state index is 13.2. The number of halogens is 3. The summed E-state index contributed by atoms with van der Waals surface area (Å²) < 4.78 is 45.1. The van der Waals surface area contributed by atoms with Crippen LogP contribution < -0.4 is 5.73 Å². The summed E-state index contributed by atoms with van der Waals surface area (Å²) in [5.41, 5.74) is 5.00. The Morgan fingerprint density at radius 3 is 2.33 bits per heavy atom. The Morgan fingerprint density at radius 1 is 1.24 bits per heavy atom. The van der Waals surface area contributed by atoms with Gasteiger partial charge in [-0.25, -0.2) is 0 Å². The minimum atomic E-state index is -4.40. The number of nitrogens with two attached hydrogens (primary N) is 1. The highest BCUT2D eigenvalue weighted by molar-refractivity contribution is 5.34. The molecule has 2 rings (SSSR count). The second kappa shape index (κ2) is 5.97. The third-order valence-electron chi connectivity index (χ3n) is 4.70. The van der Waals surface area contributed by atoms with Crippen molar-refractivity contribution in [3.05, 3.63) is 35.4 Å². The van der Waals surface area contributed by atoms with Gasteiger partial charge in [0.1, 0.15) is 0 Å². The van der Waals surface area contributed by atoms with Gasteiger partial charge < -0.3 is 10.5 Å². The molecule has 1 saturated carbocycles. The van der Waals surface area contributed by atoms with Crippen LogP contribution >= 0.6 is 0 Å². The van der Waals surface area contributed by atoms with Crippen molar-refractivity contribution < 1.29 is 17.9 Å². The first-order valence-electron chi connectivity index (χ1n) is 7.27. The molecule has 2 N–H and O–H groups in total. The van der Waals surface area contributed by atoms with E-state index in [1.54, 1.807) is 13.2 Å². The Hall–Kier alpha value is -1.07. The van der Waals surface area contributed by atoms with Crippen LogP contribution in [0.2, 0.25) is 0 Å². The molecule has 0 bridgehead atoms. The Bertz CT molecular complexity index is 479. The minimum Gasteiger partial charge on any atom is -0.376 e. The van der Waals surface area contributed by atoms with Crippen molar-refractivity contribution in [1.29, 1.82) is 0 Å². The van der Waals surface area contributed by atoms with Gasteiger partial charge in [0.2, 0.25) is 0 Å². The number of ether oxygens (including phenoxy) is 1. The standard InChI is InChI=1S/C16H22F3NO/c1-11-7-9-15(21-2,10-8-11)14(20)12-5-3-4-6-13(12)16(17,18)19/h3-6,11,14H,7-10,20H2,1-2H3. The summed E-state index contributed by atoms with van der Waals surface area (Å²) in [6.45, 7) is 2.15. The fraction of sp³-hybridized carbons (Fsp3) is 0.625. The Morgan fingerprint density at radius 2 is 1.81 bits per heavy atom. The van der Waals surface area contributed by atoms with Crippen molar-refractivity contribution in [1.82, 2.24) is 0 Å². The topological polar surface area (TPSA) is 35.2 Å². The van der Waals surface area contributed by atoms with Crippen molar-refractivity contribution in [2.75, 3.05) is 7.11 Å². The van der Waals surface area contributed by atoms with Crippen LogP contribution in [0.15, 0.2) is 24.3 Å². The summed E-state index contributed by atoms with van der Waals surface area (Å²) in [4.78, 5) is 0. The molecule has 1 aromatic carbocycles. The molecule has 5 heteroatoms. The third kappa shape index (κ3) is 3.24. The fourth-order valence-electron chi connectivity index (χ4n) is 3.20. The largest absolute Gasteiger partial charge is 0.416 e. The van der Waals surface area contributed by atoms with Crippen molar-refractivity contribution in [2.24, 2.45) is 11.7 Å². The van der Waals surface area contributed by atoms with Crippen molar-refractivity contribution in [3.8, 4) is 0 Å². The van der Waals surface area contributed by atoms with Crippen LogP contribution in [-0.4, -0.2) is 12.7 Å². The summed E-state index contributed by atoms with van der Waals surface area (Å²) in [6.07, 6.45) is -1.16. The minimum absolute atomic E-state index is 0.126. The molecule has 1 aromatic rings. The van der Waals surface area contributed by atoms with Crippen molar-refractivity contribution >= 4 is 0 Å². The molecule has 1 fully saturated rings. The zero-order chi connectivity index (χ0) is 15.7. The van der Waals surface area contributed by atoms with Gasteiger partial charge in [0.15, 0.2) is 0 Å². The summed E-state index contributed by atoms with van der Waals surface area (Å²) in [5, 5.41) is 0. The van der Waals surface area contributed by atoms with Crippen molar-refractivity contribution in [3.63, 3.8) is 0 Å². The smallest absolute Gasteiger partial charge is 0.376 e. The first-order valence-corrected chi connectivity index (χ1v) is 7.27. The number of methoxy groups -OCH3 is 1. The summed E-state index contributed by atoms with van der Waals surface area (Å²) >= 11 is 0. The lowest BCUT2D eigenvalue weighted by molar-refractivity contribution is -0.139. The lowest BCUT2D eigenvalue weighted by Crippen LogP contribution is -2.46. The molecule has 2 nitrogen and oxygen atoms in total. The summed E-state index contributed by atoms with van der Waals surface area (Å²) in [6, 6.07) is 4.77. The molecule has 1 atom stereocenters. The Balaban J connectivity index is 2.37. The molecule has 0 radical (unpaired) electrons. The highest BCUT2D eigenvalue weighted by atomic mass is 19.4. The van der Waals surface area contributed by atoms with Gasteiger partial charge in [-0.2, -0.15) is 13.2 Å². The van der Waals surface area contributed by atoms with Gasteiger partial charge in [0.25, 0.3) is 0 Å². The summed E-state index contributed by atoms with van der Waals surface area (Å²) in [7, 11) is 1.55. The van der Waals surface area contributed by atoms with E-state index in [2.05, 4.69) is 6.92 Å². The van der Waals surface area contributed by atoms with Gasteiger partial charge in [-0.3, -0.25) is 0 Å². The maximum absolute atomic E-state index is 13.2. The van der Waals surface area contributed by atoms with E-state index >= 15 is 0 Å². The molecule has 1 aliphatic rings. The molecule has 1 unspecified atom stereocenters. The maximum Gasteiger partial charge on any atom is 0.416 e. The molecule has 21 heavy (non-hydrogen) atoms. The number of rotatable bonds is 3. The van der Waals surface area contributed by atoms with E-state index in [-0.39, 0.29) is 5.56 Å². The highest BCUT2D eigenvalue weighted by Gasteiger charge is 2.44. The first-order chi connectivity index (χ1) is 9.80. The molecule has 1 aliphatic carbocycles. The molecule has 118 valence electrons. The van der Waals surface area contributed by atoms with Gasteiger partial charge in [0, 0.05) is 7.11 Å². The van der Waals surface area contributed by atoms with Crippen LogP contribution in [0.3, 0.4) is 0 Å². The van der Waals surface area contributed by atoms with Gasteiger partial charge >= 0.3 is 6.18 Å². The van der Waals surface area contributed by atoms with E-state index in [4.69, 9.17) is 10.5 Å². The van der Waals surface area contributed by atoms with E-state index in [0.717, 1.165) is 18.9 Å². The van der Waals surface area contributed by atoms with Crippen LogP contribution in [0.1, 0.15) is 49.8 Å².